The maximum atomic E-state index is 13.0. The van der Waals surface area contributed by atoms with Gasteiger partial charge in [-0.2, -0.15) is 0 Å². The van der Waals surface area contributed by atoms with Crippen LogP contribution in [0.4, 0.5) is 5.82 Å². The molecule has 4 rings (SSSR count). The van der Waals surface area contributed by atoms with Gasteiger partial charge in [-0.15, -0.1) is 0 Å². The maximum absolute atomic E-state index is 13.0. The lowest BCUT2D eigenvalue weighted by atomic mass is 9.95. The molecule has 1 saturated heterocycles. The van der Waals surface area contributed by atoms with Crippen LogP contribution in [0.3, 0.4) is 0 Å². The molecule has 0 radical (unpaired) electrons. The summed E-state index contributed by atoms with van der Waals surface area (Å²) in [5.74, 6) is 0.188. The van der Waals surface area contributed by atoms with E-state index in [2.05, 4.69) is 58.8 Å². The summed E-state index contributed by atoms with van der Waals surface area (Å²) in [7, 11) is 0. The van der Waals surface area contributed by atoms with Crippen LogP contribution in [-0.4, -0.2) is 40.3 Å². The van der Waals surface area contributed by atoms with Crippen LogP contribution in [0.2, 0.25) is 0 Å². The third-order valence-electron chi connectivity index (χ3n) is 7.10. The largest absolute Gasteiger partial charge is 0.384 e. The highest BCUT2D eigenvalue weighted by molar-refractivity contribution is 5.84. The maximum Gasteiger partial charge on any atom is 0.237 e. The number of anilines is 1. The minimum Gasteiger partial charge on any atom is -0.384 e. The van der Waals surface area contributed by atoms with Crippen molar-refractivity contribution in [3.8, 4) is 0 Å². The Hall–Kier alpha value is -3.71. The molecule has 2 amide bonds. The van der Waals surface area contributed by atoms with Crippen LogP contribution in [0.5, 0.6) is 0 Å². The Kier molecular flexibility index (Phi) is 8.00. The molecular formula is C29H35N5O2. The molecule has 0 saturated carbocycles. The number of aryl methyl sites for hydroxylation is 1. The fourth-order valence-electron chi connectivity index (χ4n) is 5.04. The molecule has 2 aromatic carbocycles. The van der Waals surface area contributed by atoms with Gasteiger partial charge in [0, 0.05) is 18.8 Å². The molecule has 1 fully saturated rings. The predicted molar refractivity (Wildman–Crippen MR) is 142 cm³/mol. The molecule has 3 aromatic rings. The SMILES string of the molecule is Cc1nc(N)ccc1CNC(=O)[C@H](C)N1CC(Cc2ccc(Cc3ccccc3)cc2)CC1C(N)=O. The summed E-state index contributed by atoms with van der Waals surface area (Å²) in [6.07, 6.45) is 2.40. The number of hydrogen-bond donors (Lipinski definition) is 3. The summed E-state index contributed by atoms with van der Waals surface area (Å²) in [5.41, 5.74) is 16.9. The molecule has 3 atom stereocenters. The summed E-state index contributed by atoms with van der Waals surface area (Å²) in [6, 6.07) is 21.8. The van der Waals surface area contributed by atoms with E-state index in [0.717, 1.165) is 24.1 Å². The summed E-state index contributed by atoms with van der Waals surface area (Å²) in [5, 5.41) is 2.97. The van der Waals surface area contributed by atoms with E-state index in [0.29, 0.717) is 25.3 Å². The number of likely N-dealkylation sites (tertiary alicyclic amines) is 1. The number of amides is 2. The Bertz CT molecular complexity index is 1200. The van der Waals surface area contributed by atoms with Crippen molar-refractivity contribution in [2.24, 2.45) is 11.7 Å². The van der Waals surface area contributed by atoms with Gasteiger partial charge in [-0.25, -0.2) is 4.98 Å². The van der Waals surface area contributed by atoms with Gasteiger partial charge in [0.1, 0.15) is 5.82 Å². The minimum atomic E-state index is -0.470. The lowest BCUT2D eigenvalue weighted by Crippen LogP contribution is -2.51. The van der Waals surface area contributed by atoms with Gasteiger partial charge in [0.25, 0.3) is 0 Å². The predicted octanol–water partition coefficient (Wildman–Crippen LogP) is 2.99. The van der Waals surface area contributed by atoms with Crippen LogP contribution in [0.1, 0.15) is 41.3 Å². The van der Waals surface area contributed by atoms with Gasteiger partial charge in [0.15, 0.2) is 0 Å². The molecule has 36 heavy (non-hydrogen) atoms. The first-order chi connectivity index (χ1) is 17.3. The second kappa shape index (κ2) is 11.4. The third-order valence-corrected chi connectivity index (χ3v) is 7.10. The first kappa shape index (κ1) is 25.4. The Morgan fingerprint density at radius 2 is 1.69 bits per heavy atom. The molecule has 1 aromatic heterocycles. The van der Waals surface area contributed by atoms with E-state index >= 15 is 0 Å². The Morgan fingerprint density at radius 1 is 1.03 bits per heavy atom. The molecule has 2 heterocycles. The number of pyridine rings is 1. The summed E-state index contributed by atoms with van der Waals surface area (Å²) < 4.78 is 0. The highest BCUT2D eigenvalue weighted by Gasteiger charge is 2.40. The number of rotatable bonds is 9. The van der Waals surface area contributed by atoms with Gasteiger partial charge in [-0.05, 0) is 67.3 Å². The molecule has 2 unspecified atom stereocenters. The number of nitrogens with one attached hydrogen (secondary N) is 1. The first-order valence-corrected chi connectivity index (χ1v) is 12.5. The average molecular weight is 486 g/mol. The number of hydrogen-bond acceptors (Lipinski definition) is 5. The van der Waals surface area contributed by atoms with Gasteiger partial charge in [-0.3, -0.25) is 14.5 Å². The zero-order valence-electron chi connectivity index (χ0n) is 21.0. The lowest BCUT2D eigenvalue weighted by molar-refractivity contribution is -0.129. The quantitative estimate of drug-likeness (QED) is 0.431. The van der Waals surface area contributed by atoms with Crippen LogP contribution in [-0.2, 0) is 29.0 Å². The number of benzene rings is 2. The highest BCUT2D eigenvalue weighted by Crippen LogP contribution is 2.28. The van der Waals surface area contributed by atoms with Crippen molar-refractivity contribution in [2.75, 3.05) is 12.3 Å². The number of nitrogens with two attached hydrogens (primary N) is 2. The zero-order valence-corrected chi connectivity index (χ0v) is 21.0. The Morgan fingerprint density at radius 3 is 2.36 bits per heavy atom. The van der Waals surface area contributed by atoms with E-state index in [9.17, 15) is 9.59 Å². The Labute approximate surface area is 212 Å². The van der Waals surface area contributed by atoms with Crippen molar-refractivity contribution in [3.63, 3.8) is 0 Å². The molecule has 7 nitrogen and oxygen atoms in total. The van der Waals surface area contributed by atoms with Crippen molar-refractivity contribution >= 4 is 17.6 Å². The van der Waals surface area contributed by atoms with Crippen LogP contribution in [0, 0.1) is 12.8 Å². The van der Waals surface area contributed by atoms with Crippen LogP contribution in [0.15, 0.2) is 66.7 Å². The molecule has 1 aliphatic heterocycles. The normalized spacial score (nSPS) is 18.6. The highest BCUT2D eigenvalue weighted by atomic mass is 16.2. The van der Waals surface area contributed by atoms with E-state index in [4.69, 9.17) is 11.5 Å². The van der Waals surface area contributed by atoms with Crippen molar-refractivity contribution in [1.82, 2.24) is 15.2 Å². The number of carbonyl (C=O) groups excluding carboxylic acids is 2. The van der Waals surface area contributed by atoms with Crippen LogP contribution in [0.25, 0.3) is 0 Å². The second-order valence-electron chi connectivity index (χ2n) is 9.77. The fourth-order valence-corrected chi connectivity index (χ4v) is 5.04. The van der Waals surface area contributed by atoms with Gasteiger partial charge < -0.3 is 16.8 Å². The van der Waals surface area contributed by atoms with Gasteiger partial charge >= 0.3 is 0 Å². The molecule has 0 bridgehead atoms. The molecule has 1 aliphatic rings. The minimum absolute atomic E-state index is 0.136. The summed E-state index contributed by atoms with van der Waals surface area (Å²) >= 11 is 0. The van der Waals surface area contributed by atoms with E-state index in [1.54, 1.807) is 6.07 Å². The second-order valence-corrected chi connectivity index (χ2v) is 9.77. The van der Waals surface area contributed by atoms with Crippen molar-refractivity contribution in [1.29, 1.82) is 0 Å². The average Bonchev–Trinajstić information content (AvgIpc) is 3.29. The number of aromatic nitrogens is 1. The van der Waals surface area contributed by atoms with Gasteiger partial charge in [-0.1, -0.05) is 60.7 Å². The number of primary amides is 1. The van der Waals surface area contributed by atoms with Crippen LogP contribution < -0.4 is 16.8 Å². The van der Waals surface area contributed by atoms with Gasteiger partial charge in [0.2, 0.25) is 11.8 Å². The topological polar surface area (TPSA) is 114 Å². The summed E-state index contributed by atoms with van der Waals surface area (Å²) in [4.78, 5) is 31.4. The first-order valence-electron chi connectivity index (χ1n) is 12.5. The Balaban J connectivity index is 1.35. The third kappa shape index (κ3) is 6.29. The molecule has 0 aliphatic carbocycles. The molecule has 7 heteroatoms. The van der Waals surface area contributed by atoms with E-state index in [1.165, 1.54) is 16.7 Å². The summed E-state index contributed by atoms with van der Waals surface area (Å²) in [6.45, 7) is 4.70. The molecular weight excluding hydrogens is 450 g/mol. The number of carbonyl (C=O) groups is 2. The van der Waals surface area contributed by atoms with Gasteiger partial charge in [0.05, 0.1) is 12.1 Å². The number of nitrogens with zero attached hydrogens (tertiary/aromatic N) is 2. The molecule has 0 spiro atoms. The fraction of sp³-hybridized carbons (Fsp3) is 0.345. The lowest BCUT2D eigenvalue weighted by Gasteiger charge is -2.28. The molecule has 188 valence electrons. The number of nitrogen functional groups attached to an aromatic ring is 1. The van der Waals surface area contributed by atoms with E-state index in [1.807, 2.05) is 30.9 Å². The molecule has 5 N–H and O–H groups in total. The van der Waals surface area contributed by atoms with E-state index in [-0.39, 0.29) is 17.7 Å². The van der Waals surface area contributed by atoms with Crippen LogP contribution >= 0.6 is 0 Å². The van der Waals surface area contributed by atoms with Crippen molar-refractivity contribution in [3.05, 3.63) is 94.7 Å². The monoisotopic (exact) mass is 485 g/mol. The van der Waals surface area contributed by atoms with E-state index < -0.39 is 12.1 Å². The zero-order chi connectivity index (χ0) is 25.7. The van der Waals surface area contributed by atoms with Crippen molar-refractivity contribution in [2.45, 2.75) is 51.7 Å². The standard InChI is InChI=1S/C29H35N5O2/c1-19-25(12-13-27(30)33-19)17-32-29(36)20(2)34-18-24(16-26(34)28(31)35)15-23-10-8-22(9-11-23)14-21-6-4-3-5-7-21/h3-13,20,24,26H,14-18H2,1-2H3,(H2,30,33)(H2,31,35)(H,32,36)/t20-,24?,26?/m0/s1. The van der Waals surface area contributed by atoms with Crippen molar-refractivity contribution < 1.29 is 9.59 Å². The smallest absolute Gasteiger partial charge is 0.237 e.